The molecule has 1 fully saturated rings. The molecule has 39 heavy (non-hydrogen) atoms. The van der Waals surface area contributed by atoms with Crippen LogP contribution in [0.3, 0.4) is 0 Å². The van der Waals surface area contributed by atoms with Crippen LogP contribution < -0.4 is 15.0 Å². The molecule has 2 amide bonds. The number of amides is 2. The van der Waals surface area contributed by atoms with E-state index in [1.54, 1.807) is 24.3 Å². The fourth-order valence-electron chi connectivity index (χ4n) is 3.99. The number of nitro groups is 1. The average Bonchev–Trinajstić information content (AvgIpc) is 3.33. The number of non-ortho nitro benzene ring substituents is 1. The number of anilines is 2. The van der Waals surface area contributed by atoms with Crippen LogP contribution in [-0.2, 0) is 14.3 Å². The molecule has 1 aliphatic heterocycles. The van der Waals surface area contributed by atoms with Crippen molar-refractivity contribution in [2.24, 2.45) is 5.92 Å². The summed E-state index contributed by atoms with van der Waals surface area (Å²) in [6.45, 7) is -0.347. The van der Waals surface area contributed by atoms with Crippen molar-refractivity contribution in [3.05, 3.63) is 92.4 Å². The van der Waals surface area contributed by atoms with Crippen LogP contribution in [-0.4, -0.2) is 48.8 Å². The topological polar surface area (TPSA) is 145 Å². The number of ether oxygens (including phenoxy) is 2. The second-order valence-corrected chi connectivity index (χ2v) is 9.51. The van der Waals surface area contributed by atoms with Gasteiger partial charge in [0.15, 0.2) is 12.4 Å². The molecule has 1 heterocycles. The van der Waals surface area contributed by atoms with Gasteiger partial charge in [0.25, 0.3) is 5.69 Å². The molecule has 0 radical (unpaired) electrons. The molecule has 0 spiro atoms. The van der Waals surface area contributed by atoms with Crippen LogP contribution in [0.15, 0.2) is 71.2 Å². The van der Waals surface area contributed by atoms with Gasteiger partial charge in [-0.05, 0) is 42.5 Å². The fraction of sp³-hybridized carbons (Fsp3) is 0.185. The number of carbonyl (C=O) groups is 4. The molecule has 200 valence electrons. The molecule has 0 bridgehead atoms. The van der Waals surface area contributed by atoms with Crippen molar-refractivity contribution in [1.29, 1.82) is 0 Å². The van der Waals surface area contributed by atoms with Crippen LogP contribution in [0.4, 0.5) is 17.1 Å². The highest BCUT2D eigenvalue weighted by Crippen LogP contribution is 2.36. The van der Waals surface area contributed by atoms with E-state index in [9.17, 15) is 29.3 Å². The SMILES string of the molecule is COc1cc([N+](=O)[O-])ccc1N1C[C@@H](C(=O)Nc2ccc(C(=O)OCC(=O)c3ccc(Br)cc3)cc2)CC1=O. The lowest BCUT2D eigenvalue weighted by Gasteiger charge is -2.19. The number of ketones is 1. The number of benzene rings is 3. The lowest BCUT2D eigenvalue weighted by molar-refractivity contribution is -0.384. The number of Topliss-reactive ketones (excluding diaryl/α,β-unsaturated/α-hetero) is 1. The molecule has 0 unspecified atom stereocenters. The van der Waals surface area contributed by atoms with Crippen LogP contribution >= 0.6 is 15.9 Å². The molecule has 4 rings (SSSR count). The van der Waals surface area contributed by atoms with Crippen molar-refractivity contribution >= 4 is 56.6 Å². The standard InChI is InChI=1S/C27H22BrN3O8/c1-38-24-13-21(31(36)37)10-11-22(24)30-14-18(12-25(30)33)26(34)29-20-8-4-17(5-9-20)27(35)39-15-23(32)16-2-6-19(28)7-3-16/h2-11,13,18H,12,14-15H2,1H3,(H,29,34)/t18-/m0/s1. The van der Waals surface area contributed by atoms with Crippen LogP contribution in [0, 0.1) is 16.0 Å². The number of halogens is 1. The Morgan fingerprint density at radius 2 is 1.72 bits per heavy atom. The number of hydrogen-bond donors (Lipinski definition) is 1. The maximum Gasteiger partial charge on any atom is 0.338 e. The van der Waals surface area contributed by atoms with Gasteiger partial charge in [0.1, 0.15) is 5.75 Å². The number of nitrogens with one attached hydrogen (secondary N) is 1. The molecule has 0 aromatic heterocycles. The minimum absolute atomic E-state index is 0.0528. The third kappa shape index (κ3) is 6.47. The van der Waals surface area contributed by atoms with Crippen LogP contribution in [0.25, 0.3) is 0 Å². The van der Waals surface area contributed by atoms with E-state index in [4.69, 9.17) is 9.47 Å². The van der Waals surface area contributed by atoms with Crippen molar-refractivity contribution in [3.63, 3.8) is 0 Å². The van der Waals surface area contributed by atoms with Crippen molar-refractivity contribution in [2.75, 3.05) is 30.5 Å². The Labute approximate surface area is 231 Å². The smallest absolute Gasteiger partial charge is 0.338 e. The van der Waals surface area contributed by atoms with Crippen molar-refractivity contribution in [1.82, 2.24) is 0 Å². The van der Waals surface area contributed by atoms with E-state index in [2.05, 4.69) is 21.2 Å². The molecule has 1 atom stereocenters. The van der Waals surface area contributed by atoms with Crippen LogP contribution in [0.5, 0.6) is 5.75 Å². The summed E-state index contributed by atoms with van der Waals surface area (Å²) in [6.07, 6.45) is -0.0528. The summed E-state index contributed by atoms with van der Waals surface area (Å²) in [5.41, 5.74) is 1.18. The summed E-state index contributed by atoms with van der Waals surface area (Å²) in [7, 11) is 1.34. The minimum Gasteiger partial charge on any atom is -0.494 e. The van der Waals surface area contributed by atoms with Gasteiger partial charge in [-0.3, -0.25) is 24.5 Å². The average molecular weight is 596 g/mol. The molecule has 0 saturated carbocycles. The molecule has 11 nitrogen and oxygen atoms in total. The maximum absolute atomic E-state index is 12.8. The van der Waals surface area contributed by atoms with Crippen molar-refractivity contribution in [3.8, 4) is 5.75 Å². The molecule has 12 heteroatoms. The highest BCUT2D eigenvalue weighted by molar-refractivity contribution is 9.10. The quantitative estimate of drug-likeness (QED) is 0.166. The Morgan fingerprint density at radius 3 is 2.36 bits per heavy atom. The number of esters is 1. The van der Waals surface area contributed by atoms with E-state index in [1.165, 1.54) is 54.5 Å². The van der Waals surface area contributed by atoms with E-state index in [0.29, 0.717) is 16.9 Å². The summed E-state index contributed by atoms with van der Waals surface area (Å²) >= 11 is 3.29. The molecule has 1 saturated heterocycles. The molecule has 1 aliphatic rings. The van der Waals surface area contributed by atoms with Gasteiger partial charge >= 0.3 is 5.97 Å². The first-order valence-electron chi connectivity index (χ1n) is 11.7. The van der Waals surface area contributed by atoms with Gasteiger partial charge in [0.05, 0.1) is 35.3 Å². The zero-order valence-corrected chi connectivity index (χ0v) is 22.2. The van der Waals surface area contributed by atoms with Crippen molar-refractivity contribution in [2.45, 2.75) is 6.42 Å². The second-order valence-electron chi connectivity index (χ2n) is 8.59. The monoisotopic (exact) mass is 595 g/mol. The predicted octanol–water partition coefficient (Wildman–Crippen LogP) is 4.40. The van der Waals surface area contributed by atoms with Gasteiger partial charge in [-0.25, -0.2) is 4.79 Å². The molecule has 3 aromatic carbocycles. The number of carbonyl (C=O) groups excluding carboxylic acids is 4. The van der Waals surface area contributed by atoms with Gasteiger partial charge in [0.2, 0.25) is 11.8 Å². The maximum atomic E-state index is 12.8. The minimum atomic E-state index is -0.688. The Hall–Kier alpha value is -4.58. The largest absolute Gasteiger partial charge is 0.494 e. The normalized spacial score (nSPS) is 14.6. The summed E-state index contributed by atoms with van der Waals surface area (Å²) < 4.78 is 11.1. The molecule has 3 aromatic rings. The number of nitrogens with zero attached hydrogens (tertiary/aromatic N) is 2. The van der Waals surface area contributed by atoms with Gasteiger partial charge in [-0.2, -0.15) is 0 Å². The lowest BCUT2D eigenvalue weighted by Crippen LogP contribution is -2.28. The van der Waals surface area contributed by atoms with E-state index in [-0.39, 0.29) is 41.7 Å². The first kappa shape index (κ1) is 27.5. The van der Waals surface area contributed by atoms with Gasteiger partial charge in [-0.15, -0.1) is 0 Å². The summed E-state index contributed by atoms with van der Waals surface area (Å²) in [5, 5.41) is 13.8. The van der Waals surface area contributed by atoms with E-state index in [1.807, 2.05) is 0 Å². The third-order valence-electron chi connectivity index (χ3n) is 6.05. The molecule has 0 aliphatic carbocycles. The van der Waals surface area contributed by atoms with E-state index in [0.717, 1.165) is 4.47 Å². The lowest BCUT2D eigenvalue weighted by atomic mass is 10.1. The van der Waals surface area contributed by atoms with Gasteiger partial charge < -0.3 is 19.7 Å². The Balaban J connectivity index is 1.33. The highest BCUT2D eigenvalue weighted by atomic mass is 79.9. The van der Waals surface area contributed by atoms with Crippen molar-refractivity contribution < 1.29 is 33.6 Å². The fourth-order valence-corrected chi connectivity index (χ4v) is 4.25. The third-order valence-corrected chi connectivity index (χ3v) is 6.58. The predicted molar refractivity (Wildman–Crippen MR) is 144 cm³/mol. The summed E-state index contributed by atoms with van der Waals surface area (Å²) in [4.78, 5) is 61.9. The van der Waals surface area contributed by atoms with Gasteiger partial charge in [0, 0.05) is 34.8 Å². The molecule has 1 N–H and O–H groups in total. The first-order valence-corrected chi connectivity index (χ1v) is 12.4. The molecular formula is C27H22BrN3O8. The number of nitro benzene ring substituents is 1. The summed E-state index contributed by atoms with van der Waals surface area (Å²) in [6, 6.07) is 16.5. The highest BCUT2D eigenvalue weighted by Gasteiger charge is 2.36. The van der Waals surface area contributed by atoms with Crippen LogP contribution in [0.1, 0.15) is 27.1 Å². The van der Waals surface area contributed by atoms with Gasteiger partial charge in [-0.1, -0.05) is 28.1 Å². The van der Waals surface area contributed by atoms with E-state index >= 15 is 0 Å². The zero-order valence-electron chi connectivity index (χ0n) is 20.6. The number of hydrogen-bond acceptors (Lipinski definition) is 8. The summed E-state index contributed by atoms with van der Waals surface area (Å²) in [5.74, 6) is -2.27. The first-order chi connectivity index (χ1) is 18.7. The van der Waals surface area contributed by atoms with E-state index < -0.39 is 29.3 Å². The Morgan fingerprint density at radius 1 is 1.05 bits per heavy atom. The molecular weight excluding hydrogens is 574 g/mol. The number of rotatable bonds is 9. The Bertz CT molecular complexity index is 1440. The number of methoxy groups -OCH3 is 1. The zero-order chi connectivity index (χ0) is 28.1. The van der Waals surface area contributed by atoms with Crippen LogP contribution in [0.2, 0.25) is 0 Å². The Kier molecular flexibility index (Phi) is 8.35. The second kappa shape index (κ2) is 11.9.